The maximum absolute atomic E-state index is 5.48. The highest BCUT2D eigenvalue weighted by Gasteiger charge is 2.19. The van der Waals surface area contributed by atoms with Crippen LogP contribution in [-0.2, 0) is 4.74 Å². The van der Waals surface area contributed by atoms with Crippen LogP contribution < -0.4 is 5.32 Å². The molecule has 7 heteroatoms. The third kappa shape index (κ3) is 3.62. The summed E-state index contributed by atoms with van der Waals surface area (Å²) in [6.45, 7) is 6.38. The van der Waals surface area contributed by atoms with Crippen LogP contribution in [-0.4, -0.2) is 57.3 Å². The molecule has 1 unspecified atom stereocenters. The van der Waals surface area contributed by atoms with Gasteiger partial charge in [-0.1, -0.05) is 30.3 Å². The van der Waals surface area contributed by atoms with Crippen LogP contribution in [0.2, 0.25) is 0 Å². The summed E-state index contributed by atoms with van der Waals surface area (Å²) in [7, 11) is 0. The average molecular weight is 338 g/mol. The molecule has 0 saturated carbocycles. The Labute approximate surface area is 146 Å². The third-order valence-corrected chi connectivity index (χ3v) is 4.45. The zero-order valence-corrected chi connectivity index (χ0v) is 14.3. The molecular weight excluding hydrogens is 316 g/mol. The van der Waals surface area contributed by atoms with Gasteiger partial charge in [-0.15, -0.1) is 0 Å². The molecular formula is C18H22N6O. The Morgan fingerprint density at radius 2 is 2.00 bits per heavy atom. The van der Waals surface area contributed by atoms with Gasteiger partial charge in [-0.2, -0.15) is 14.6 Å². The first kappa shape index (κ1) is 16.0. The third-order valence-electron chi connectivity index (χ3n) is 4.45. The molecule has 0 aliphatic carbocycles. The molecule has 0 radical (unpaired) electrons. The lowest BCUT2D eigenvalue weighted by Gasteiger charge is -2.31. The van der Waals surface area contributed by atoms with Gasteiger partial charge in [0, 0.05) is 31.4 Å². The van der Waals surface area contributed by atoms with E-state index in [1.54, 1.807) is 4.52 Å². The maximum atomic E-state index is 5.48. The smallest absolute Gasteiger partial charge is 0.254 e. The number of aryl methyl sites for hydroxylation is 1. The Bertz CT molecular complexity index is 828. The van der Waals surface area contributed by atoms with E-state index >= 15 is 0 Å². The van der Waals surface area contributed by atoms with Crippen LogP contribution in [0.5, 0.6) is 0 Å². The topological polar surface area (TPSA) is 67.6 Å². The molecule has 3 heterocycles. The van der Waals surface area contributed by atoms with E-state index in [-0.39, 0.29) is 6.04 Å². The van der Waals surface area contributed by atoms with Crippen molar-refractivity contribution in [3.05, 3.63) is 54.0 Å². The van der Waals surface area contributed by atoms with Crippen molar-refractivity contribution >= 4 is 11.6 Å². The van der Waals surface area contributed by atoms with Crippen molar-refractivity contribution in [3.63, 3.8) is 0 Å². The first-order chi connectivity index (χ1) is 12.3. The molecule has 1 aliphatic heterocycles. The van der Waals surface area contributed by atoms with Crippen LogP contribution in [0.4, 0.5) is 5.82 Å². The van der Waals surface area contributed by atoms with Crippen LogP contribution in [0.1, 0.15) is 17.3 Å². The molecule has 2 aromatic heterocycles. The van der Waals surface area contributed by atoms with E-state index in [0.717, 1.165) is 44.4 Å². The predicted molar refractivity (Wildman–Crippen MR) is 95.6 cm³/mol. The first-order valence-corrected chi connectivity index (χ1v) is 8.58. The van der Waals surface area contributed by atoms with Crippen LogP contribution in [0.3, 0.4) is 0 Å². The van der Waals surface area contributed by atoms with Crippen LogP contribution in [0.25, 0.3) is 5.78 Å². The van der Waals surface area contributed by atoms with Crippen molar-refractivity contribution in [2.75, 3.05) is 38.2 Å². The second kappa shape index (κ2) is 7.16. The summed E-state index contributed by atoms with van der Waals surface area (Å²) in [5, 5.41) is 7.95. The monoisotopic (exact) mass is 338 g/mol. The second-order valence-electron chi connectivity index (χ2n) is 6.28. The number of fused-ring (bicyclic) bond motifs is 1. The molecule has 7 nitrogen and oxygen atoms in total. The highest BCUT2D eigenvalue weighted by atomic mass is 16.5. The van der Waals surface area contributed by atoms with Gasteiger partial charge in [0.15, 0.2) is 0 Å². The van der Waals surface area contributed by atoms with Crippen LogP contribution in [0, 0.1) is 6.92 Å². The van der Waals surface area contributed by atoms with E-state index in [1.165, 1.54) is 11.9 Å². The van der Waals surface area contributed by atoms with Gasteiger partial charge in [-0.25, -0.2) is 4.98 Å². The standard InChI is InChI=1S/C18H22N6O/c1-14-11-17(24-18(21-14)19-13-20-24)22-16(15-5-3-2-4-6-15)12-23-7-9-25-10-8-23/h2-6,11,13,16,22H,7-10,12H2,1H3. The van der Waals surface area contributed by atoms with Gasteiger partial charge in [0.25, 0.3) is 5.78 Å². The fraction of sp³-hybridized carbons (Fsp3) is 0.389. The molecule has 1 atom stereocenters. The number of benzene rings is 1. The minimum atomic E-state index is 0.147. The molecule has 1 aromatic carbocycles. The van der Waals surface area contributed by atoms with Gasteiger partial charge in [0.2, 0.25) is 0 Å². The summed E-state index contributed by atoms with van der Waals surface area (Å²) < 4.78 is 7.23. The highest BCUT2D eigenvalue weighted by Crippen LogP contribution is 2.22. The number of anilines is 1. The Balaban J connectivity index is 1.64. The minimum Gasteiger partial charge on any atom is -0.379 e. The van der Waals surface area contributed by atoms with Crippen molar-refractivity contribution in [1.29, 1.82) is 0 Å². The van der Waals surface area contributed by atoms with Crippen molar-refractivity contribution < 1.29 is 4.74 Å². The van der Waals surface area contributed by atoms with Crippen molar-refractivity contribution in [3.8, 4) is 0 Å². The molecule has 1 saturated heterocycles. The number of aromatic nitrogens is 4. The normalized spacial score (nSPS) is 16.8. The molecule has 1 fully saturated rings. The second-order valence-corrected chi connectivity index (χ2v) is 6.28. The maximum Gasteiger partial charge on any atom is 0.254 e. The zero-order chi connectivity index (χ0) is 17.1. The zero-order valence-electron chi connectivity index (χ0n) is 14.3. The van der Waals surface area contributed by atoms with E-state index in [1.807, 2.05) is 19.1 Å². The van der Waals surface area contributed by atoms with Gasteiger partial charge in [0.05, 0.1) is 19.3 Å². The lowest BCUT2D eigenvalue weighted by molar-refractivity contribution is 0.0360. The molecule has 0 amide bonds. The number of hydrogen-bond donors (Lipinski definition) is 1. The van der Waals surface area contributed by atoms with Crippen molar-refractivity contribution in [1.82, 2.24) is 24.5 Å². The molecule has 3 aromatic rings. The number of ether oxygens (including phenoxy) is 1. The summed E-state index contributed by atoms with van der Waals surface area (Å²) in [5.74, 6) is 1.52. The van der Waals surface area contributed by atoms with Crippen LogP contribution >= 0.6 is 0 Å². The molecule has 1 N–H and O–H groups in total. The summed E-state index contributed by atoms with van der Waals surface area (Å²) >= 11 is 0. The summed E-state index contributed by atoms with van der Waals surface area (Å²) in [5.41, 5.74) is 2.16. The fourth-order valence-corrected chi connectivity index (χ4v) is 3.17. The minimum absolute atomic E-state index is 0.147. The summed E-state index contributed by atoms with van der Waals surface area (Å²) in [4.78, 5) is 11.1. The Hall–Kier alpha value is -2.51. The predicted octanol–water partition coefficient (Wildman–Crippen LogP) is 1.92. The van der Waals surface area contributed by atoms with E-state index in [4.69, 9.17) is 4.74 Å². The van der Waals surface area contributed by atoms with Gasteiger partial charge < -0.3 is 10.1 Å². The molecule has 0 spiro atoms. The Morgan fingerprint density at radius 1 is 1.20 bits per heavy atom. The molecule has 25 heavy (non-hydrogen) atoms. The lowest BCUT2D eigenvalue weighted by atomic mass is 10.1. The van der Waals surface area contributed by atoms with E-state index in [2.05, 4.69) is 49.5 Å². The number of hydrogen-bond acceptors (Lipinski definition) is 6. The van der Waals surface area contributed by atoms with Crippen molar-refractivity contribution in [2.24, 2.45) is 0 Å². The highest BCUT2D eigenvalue weighted by molar-refractivity contribution is 5.46. The van der Waals surface area contributed by atoms with Gasteiger partial charge >= 0.3 is 0 Å². The number of nitrogens with one attached hydrogen (secondary N) is 1. The molecule has 130 valence electrons. The molecule has 0 bridgehead atoms. The quantitative estimate of drug-likeness (QED) is 0.767. The van der Waals surface area contributed by atoms with Gasteiger partial charge in [-0.3, -0.25) is 4.90 Å². The summed E-state index contributed by atoms with van der Waals surface area (Å²) in [6, 6.07) is 12.7. The molecule has 4 rings (SSSR count). The van der Waals surface area contributed by atoms with Gasteiger partial charge in [-0.05, 0) is 12.5 Å². The average Bonchev–Trinajstić information content (AvgIpc) is 3.11. The number of morpholine rings is 1. The van der Waals surface area contributed by atoms with Crippen LogP contribution in [0.15, 0.2) is 42.7 Å². The largest absolute Gasteiger partial charge is 0.379 e. The SMILES string of the molecule is Cc1cc(NC(CN2CCOCC2)c2ccccc2)n2ncnc2n1. The van der Waals surface area contributed by atoms with E-state index < -0.39 is 0 Å². The fourth-order valence-electron chi connectivity index (χ4n) is 3.17. The van der Waals surface area contributed by atoms with E-state index in [9.17, 15) is 0 Å². The summed E-state index contributed by atoms with van der Waals surface area (Å²) in [6.07, 6.45) is 1.53. The van der Waals surface area contributed by atoms with Gasteiger partial charge in [0.1, 0.15) is 12.1 Å². The Morgan fingerprint density at radius 3 is 2.80 bits per heavy atom. The molecule has 1 aliphatic rings. The first-order valence-electron chi connectivity index (χ1n) is 8.58. The van der Waals surface area contributed by atoms with E-state index in [0.29, 0.717) is 5.78 Å². The van der Waals surface area contributed by atoms with Crippen molar-refractivity contribution in [2.45, 2.75) is 13.0 Å². The Kier molecular flexibility index (Phi) is 4.58. The number of rotatable bonds is 5. The number of nitrogens with zero attached hydrogens (tertiary/aromatic N) is 5. The lowest BCUT2D eigenvalue weighted by Crippen LogP contribution is -2.40.